The van der Waals surface area contributed by atoms with Gasteiger partial charge in [-0.25, -0.2) is 0 Å². The number of hydrogen-bond acceptors (Lipinski definition) is 5. The Bertz CT molecular complexity index is 1610. The first-order valence-electron chi connectivity index (χ1n) is 12.8. The number of hydrogen-bond donors (Lipinski definition) is 0. The van der Waals surface area contributed by atoms with Gasteiger partial charge in [0.05, 0.1) is 29.3 Å². The minimum absolute atomic E-state index is 0.0311. The van der Waals surface area contributed by atoms with E-state index >= 15 is 0 Å². The number of Topliss-reactive ketones (excluding diaryl/α,β-unsaturated/α-hetero) is 1. The summed E-state index contributed by atoms with van der Waals surface area (Å²) >= 11 is 7.99. The predicted molar refractivity (Wildman–Crippen MR) is 157 cm³/mol. The minimum atomic E-state index is 0.0311. The van der Waals surface area contributed by atoms with Crippen LogP contribution in [0.25, 0.3) is 17.1 Å². The molecule has 0 N–H and O–H groups in total. The predicted octanol–water partition coefficient (Wildman–Crippen LogP) is 7.92. The first-order chi connectivity index (χ1) is 18.6. The summed E-state index contributed by atoms with van der Waals surface area (Å²) < 4.78 is 9.55. The highest BCUT2D eigenvalue weighted by Crippen LogP contribution is 2.33. The first kappa shape index (κ1) is 27.0. The topological polar surface area (TPSA) is 65.8 Å². The van der Waals surface area contributed by atoms with E-state index in [0.717, 1.165) is 28.4 Å². The minimum Gasteiger partial charge on any atom is -0.467 e. The van der Waals surface area contributed by atoms with Gasteiger partial charge in [0.1, 0.15) is 5.76 Å². The van der Waals surface area contributed by atoms with Crippen LogP contribution in [0.5, 0.6) is 0 Å². The molecule has 3 heterocycles. The number of thioether (sulfide) groups is 1. The van der Waals surface area contributed by atoms with Crippen molar-refractivity contribution in [3.63, 3.8) is 0 Å². The zero-order valence-corrected chi connectivity index (χ0v) is 24.3. The molecule has 5 aromatic rings. The summed E-state index contributed by atoms with van der Waals surface area (Å²) in [7, 11) is 0. The number of carbonyl (C=O) groups is 1. The lowest BCUT2D eigenvalue weighted by atomic mass is 9.87. The van der Waals surface area contributed by atoms with E-state index in [-0.39, 0.29) is 17.0 Å². The molecule has 8 heteroatoms. The third-order valence-electron chi connectivity index (χ3n) is 6.84. The van der Waals surface area contributed by atoms with Crippen LogP contribution in [0.2, 0.25) is 5.02 Å². The van der Waals surface area contributed by atoms with Crippen molar-refractivity contribution in [2.24, 2.45) is 0 Å². The van der Waals surface area contributed by atoms with Crippen molar-refractivity contribution in [3.05, 3.63) is 106 Å². The van der Waals surface area contributed by atoms with Crippen molar-refractivity contribution in [2.45, 2.75) is 51.7 Å². The third kappa shape index (κ3) is 5.60. The summed E-state index contributed by atoms with van der Waals surface area (Å²) in [6.45, 7) is 11.1. The molecule has 0 atom stereocenters. The van der Waals surface area contributed by atoms with Crippen molar-refractivity contribution in [3.8, 4) is 17.1 Å². The van der Waals surface area contributed by atoms with Gasteiger partial charge >= 0.3 is 0 Å². The van der Waals surface area contributed by atoms with Crippen molar-refractivity contribution >= 4 is 29.1 Å². The number of nitrogens with zero attached hydrogens (tertiary/aromatic N) is 4. The van der Waals surface area contributed by atoms with Crippen LogP contribution in [0, 0.1) is 13.8 Å². The van der Waals surface area contributed by atoms with Crippen LogP contribution in [0.3, 0.4) is 0 Å². The highest BCUT2D eigenvalue weighted by Gasteiger charge is 2.22. The molecule has 2 aromatic carbocycles. The number of carbonyl (C=O) groups excluding carboxylic acids is 1. The Morgan fingerprint density at radius 2 is 1.74 bits per heavy atom. The van der Waals surface area contributed by atoms with Crippen LogP contribution in [0.4, 0.5) is 0 Å². The SMILES string of the molecule is Cc1cc(C(=O)CSc2nnc(-c3ccc(C(C)(C)C)cc3)n2-c2ccccc2Cl)c(C)n1Cc1ccco1. The number of aromatic nitrogens is 4. The molecular weight excluding hydrogens is 528 g/mol. The normalized spacial score (nSPS) is 11.7. The second-order valence-electron chi connectivity index (χ2n) is 10.6. The molecule has 3 aromatic heterocycles. The zero-order chi connectivity index (χ0) is 27.7. The number of benzene rings is 2. The lowest BCUT2D eigenvalue weighted by Gasteiger charge is -2.19. The molecule has 0 unspecified atom stereocenters. The Morgan fingerprint density at radius 1 is 1.00 bits per heavy atom. The smallest absolute Gasteiger partial charge is 0.196 e. The van der Waals surface area contributed by atoms with Crippen LogP contribution in [-0.2, 0) is 12.0 Å². The molecule has 0 spiro atoms. The van der Waals surface area contributed by atoms with Crippen molar-refractivity contribution < 1.29 is 9.21 Å². The molecule has 0 aliphatic carbocycles. The van der Waals surface area contributed by atoms with E-state index < -0.39 is 0 Å². The van der Waals surface area contributed by atoms with Gasteiger partial charge in [-0.05, 0) is 55.2 Å². The Morgan fingerprint density at radius 3 is 2.41 bits per heavy atom. The number of ketones is 1. The van der Waals surface area contributed by atoms with Gasteiger partial charge in [-0.2, -0.15) is 0 Å². The van der Waals surface area contributed by atoms with E-state index in [9.17, 15) is 4.79 Å². The lowest BCUT2D eigenvalue weighted by molar-refractivity contribution is 0.102. The summed E-state index contributed by atoms with van der Waals surface area (Å²) in [5, 5.41) is 10.2. The van der Waals surface area contributed by atoms with Gasteiger partial charge in [-0.3, -0.25) is 9.36 Å². The van der Waals surface area contributed by atoms with Gasteiger partial charge in [0.15, 0.2) is 16.8 Å². The highest BCUT2D eigenvalue weighted by molar-refractivity contribution is 7.99. The molecule has 39 heavy (non-hydrogen) atoms. The molecule has 0 bridgehead atoms. The summed E-state index contributed by atoms with van der Waals surface area (Å²) in [6.07, 6.45) is 1.66. The Labute approximate surface area is 238 Å². The monoisotopic (exact) mass is 558 g/mol. The summed E-state index contributed by atoms with van der Waals surface area (Å²) in [5.41, 5.74) is 5.61. The van der Waals surface area contributed by atoms with E-state index in [2.05, 4.69) is 59.8 Å². The second-order valence-corrected chi connectivity index (χ2v) is 11.9. The highest BCUT2D eigenvalue weighted by atomic mass is 35.5. The molecule has 5 rings (SSSR count). The lowest BCUT2D eigenvalue weighted by Crippen LogP contribution is -2.10. The second kappa shape index (κ2) is 10.9. The number of furan rings is 1. The molecule has 6 nitrogen and oxygen atoms in total. The van der Waals surface area contributed by atoms with E-state index in [4.69, 9.17) is 16.0 Å². The molecule has 0 radical (unpaired) electrons. The standard InChI is InChI=1S/C31H31ClN4O2S/c1-20-17-25(21(2)35(20)18-24-9-8-16-38-24)28(37)19-39-30-34-33-29(36(30)27-11-7-6-10-26(27)32)22-12-14-23(15-13-22)31(3,4)5/h6-17H,18-19H2,1-5H3. The maximum atomic E-state index is 13.4. The number of aryl methyl sites for hydroxylation is 1. The summed E-state index contributed by atoms with van der Waals surface area (Å²) in [4.78, 5) is 13.4. The van der Waals surface area contributed by atoms with E-state index in [1.807, 2.05) is 60.9 Å². The fourth-order valence-corrected chi connectivity index (χ4v) is 5.66. The Balaban J connectivity index is 1.44. The molecule has 0 fully saturated rings. The quantitative estimate of drug-likeness (QED) is 0.143. The fraction of sp³-hybridized carbons (Fsp3) is 0.258. The molecule has 0 saturated carbocycles. The largest absolute Gasteiger partial charge is 0.467 e. The van der Waals surface area contributed by atoms with Gasteiger partial charge in [0.25, 0.3) is 0 Å². The van der Waals surface area contributed by atoms with Gasteiger partial charge in [-0.15, -0.1) is 10.2 Å². The van der Waals surface area contributed by atoms with Crippen LogP contribution >= 0.6 is 23.4 Å². The van der Waals surface area contributed by atoms with Crippen LogP contribution in [-0.4, -0.2) is 30.9 Å². The average Bonchev–Trinajstić information content (AvgIpc) is 3.64. The van der Waals surface area contributed by atoms with Crippen LogP contribution in [0.1, 0.15) is 53.8 Å². The Kier molecular flexibility index (Phi) is 7.56. The number of para-hydroxylation sites is 1. The summed E-state index contributed by atoms with van der Waals surface area (Å²) in [5.74, 6) is 1.77. The molecule has 0 saturated heterocycles. The van der Waals surface area contributed by atoms with E-state index in [1.165, 1.54) is 17.3 Å². The van der Waals surface area contributed by atoms with Crippen molar-refractivity contribution in [2.75, 3.05) is 5.75 Å². The average molecular weight is 559 g/mol. The van der Waals surface area contributed by atoms with Gasteiger partial charge in [-0.1, -0.05) is 80.5 Å². The van der Waals surface area contributed by atoms with Gasteiger partial charge < -0.3 is 8.98 Å². The Hall–Kier alpha value is -3.55. The van der Waals surface area contributed by atoms with Crippen LogP contribution < -0.4 is 0 Å². The molecule has 0 aliphatic heterocycles. The molecule has 0 aliphatic rings. The van der Waals surface area contributed by atoms with Crippen LogP contribution in [0.15, 0.2) is 82.6 Å². The first-order valence-corrected chi connectivity index (χ1v) is 14.2. The van der Waals surface area contributed by atoms with E-state index in [1.54, 1.807) is 6.26 Å². The molecule has 200 valence electrons. The van der Waals surface area contributed by atoms with Crippen molar-refractivity contribution in [1.29, 1.82) is 0 Å². The fourth-order valence-electron chi connectivity index (χ4n) is 4.61. The molecular formula is C31H31ClN4O2S. The van der Waals surface area contributed by atoms with E-state index in [0.29, 0.717) is 28.1 Å². The van der Waals surface area contributed by atoms with Gasteiger partial charge in [0, 0.05) is 22.5 Å². The maximum absolute atomic E-state index is 13.4. The number of halogens is 1. The third-order valence-corrected chi connectivity index (χ3v) is 8.08. The maximum Gasteiger partial charge on any atom is 0.196 e. The summed E-state index contributed by atoms with van der Waals surface area (Å²) in [6, 6.07) is 21.7. The van der Waals surface area contributed by atoms with Gasteiger partial charge in [0.2, 0.25) is 0 Å². The molecule has 0 amide bonds. The number of rotatable bonds is 8. The zero-order valence-electron chi connectivity index (χ0n) is 22.7. The van der Waals surface area contributed by atoms with Crippen molar-refractivity contribution in [1.82, 2.24) is 19.3 Å².